The summed E-state index contributed by atoms with van der Waals surface area (Å²) in [4.78, 5) is 0. The van der Waals surface area contributed by atoms with E-state index in [0.717, 1.165) is 0 Å². The second-order valence-corrected chi connectivity index (χ2v) is 3.00. The van der Waals surface area contributed by atoms with E-state index in [4.69, 9.17) is 14.2 Å². The third kappa shape index (κ3) is 1.06. The van der Waals surface area contributed by atoms with Crippen molar-refractivity contribution < 1.29 is 19.3 Å². The molecule has 2 aliphatic heterocycles. The quantitative estimate of drug-likeness (QED) is 0.526. The summed E-state index contributed by atoms with van der Waals surface area (Å²) in [7, 11) is 1.58. The normalized spacial score (nSPS) is 55.4. The zero-order chi connectivity index (χ0) is 8.01. The zero-order valence-electron chi connectivity index (χ0n) is 6.56. The Morgan fingerprint density at radius 2 is 2.00 bits per heavy atom. The first kappa shape index (κ1) is 7.49. The number of aliphatic hydroxyl groups is 1. The Labute approximate surface area is 65.1 Å². The standard InChI is InChI=1S/C7H12O4/c1-3-4(8)5-6(11-5)7(9-2)10-3/h3-8H,1-2H3/t3-,4+,5+,6+,7-/m0/s1. The minimum absolute atomic E-state index is 0.0498. The highest BCUT2D eigenvalue weighted by atomic mass is 16.7. The number of hydrogen-bond donors (Lipinski definition) is 1. The summed E-state index contributed by atoms with van der Waals surface area (Å²) in [5.74, 6) is 0. The van der Waals surface area contributed by atoms with Gasteiger partial charge < -0.3 is 19.3 Å². The number of ether oxygens (including phenoxy) is 3. The van der Waals surface area contributed by atoms with Crippen molar-refractivity contribution in [1.29, 1.82) is 0 Å². The largest absolute Gasteiger partial charge is 0.388 e. The lowest BCUT2D eigenvalue weighted by Gasteiger charge is -2.27. The Balaban J connectivity index is 2.02. The van der Waals surface area contributed by atoms with Crippen LogP contribution in [-0.2, 0) is 14.2 Å². The summed E-state index contributed by atoms with van der Waals surface area (Å²) < 4.78 is 15.5. The van der Waals surface area contributed by atoms with E-state index >= 15 is 0 Å². The molecule has 0 aliphatic carbocycles. The number of methoxy groups -OCH3 is 1. The van der Waals surface area contributed by atoms with Crippen LogP contribution in [0.1, 0.15) is 6.92 Å². The van der Waals surface area contributed by atoms with Gasteiger partial charge in [0.05, 0.1) is 6.10 Å². The number of rotatable bonds is 1. The van der Waals surface area contributed by atoms with Crippen LogP contribution < -0.4 is 0 Å². The molecule has 2 heterocycles. The highest BCUT2D eigenvalue weighted by Gasteiger charge is 2.56. The number of aliphatic hydroxyl groups excluding tert-OH is 1. The topological polar surface area (TPSA) is 51.2 Å². The second kappa shape index (κ2) is 2.42. The Morgan fingerprint density at radius 3 is 2.64 bits per heavy atom. The van der Waals surface area contributed by atoms with Crippen LogP contribution in [0.25, 0.3) is 0 Å². The molecule has 2 rings (SSSR count). The predicted octanol–water partition coefficient (Wildman–Crippen LogP) is -0.494. The summed E-state index contributed by atoms with van der Waals surface area (Å²) in [6, 6.07) is 0. The molecule has 4 heteroatoms. The Hall–Kier alpha value is -0.160. The summed E-state index contributed by atoms with van der Waals surface area (Å²) in [6.07, 6.45) is -1.09. The molecule has 0 bridgehead atoms. The molecular weight excluding hydrogens is 148 g/mol. The fourth-order valence-corrected chi connectivity index (χ4v) is 1.46. The summed E-state index contributed by atoms with van der Waals surface area (Å²) >= 11 is 0. The Morgan fingerprint density at radius 1 is 1.27 bits per heavy atom. The molecule has 2 saturated heterocycles. The second-order valence-electron chi connectivity index (χ2n) is 3.00. The van der Waals surface area contributed by atoms with Crippen molar-refractivity contribution in [3.05, 3.63) is 0 Å². The van der Waals surface area contributed by atoms with Crippen molar-refractivity contribution in [1.82, 2.24) is 0 Å². The first-order valence-electron chi connectivity index (χ1n) is 3.76. The molecule has 0 aromatic heterocycles. The highest BCUT2D eigenvalue weighted by molar-refractivity contribution is 4.99. The van der Waals surface area contributed by atoms with Crippen LogP contribution in [0.15, 0.2) is 0 Å². The molecule has 4 nitrogen and oxygen atoms in total. The van der Waals surface area contributed by atoms with Crippen molar-refractivity contribution >= 4 is 0 Å². The van der Waals surface area contributed by atoms with Crippen LogP contribution >= 0.6 is 0 Å². The summed E-state index contributed by atoms with van der Waals surface area (Å²) in [5, 5.41) is 9.40. The molecule has 0 aromatic carbocycles. The monoisotopic (exact) mass is 160 g/mol. The van der Waals surface area contributed by atoms with Crippen molar-refractivity contribution in [2.45, 2.75) is 37.6 Å². The van der Waals surface area contributed by atoms with Gasteiger partial charge in [-0.1, -0.05) is 0 Å². The van der Waals surface area contributed by atoms with Gasteiger partial charge in [0.15, 0.2) is 6.29 Å². The van der Waals surface area contributed by atoms with E-state index in [2.05, 4.69) is 0 Å². The SMILES string of the molecule is CO[C@H]1O[C@@H](C)[C@@H](O)[C@H]2O[C@@H]12. The predicted molar refractivity (Wildman–Crippen MR) is 36.0 cm³/mol. The maximum atomic E-state index is 9.40. The molecule has 64 valence electrons. The van der Waals surface area contributed by atoms with Gasteiger partial charge in [0, 0.05) is 7.11 Å². The van der Waals surface area contributed by atoms with Gasteiger partial charge in [-0.3, -0.25) is 0 Å². The molecule has 0 spiro atoms. The summed E-state index contributed by atoms with van der Waals surface area (Å²) in [5.41, 5.74) is 0. The average molecular weight is 160 g/mol. The van der Waals surface area contributed by atoms with Crippen molar-refractivity contribution in [2.24, 2.45) is 0 Å². The lowest BCUT2D eigenvalue weighted by molar-refractivity contribution is -0.193. The van der Waals surface area contributed by atoms with Crippen molar-refractivity contribution in [2.75, 3.05) is 7.11 Å². The summed E-state index contributed by atoms with van der Waals surface area (Å²) in [6.45, 7) is 1.81. The van der Waals surface area contributed by atoms with Gasteiger partial charge in [-0.05, 0) is 6.92 Å². The fourth-order valence-electron chi connectivity index (χ4n) is 1.46. The zero-order valence-corrected chi connectivity index (χ0v) is 6.56. The molecule has 1 N–H and O–H groups in total. The van der Waals surface area contributed by atoms with E-state index in [0.29, 0.717) is 0 Å². The van der Waals surface area contributed by atoms with Crippen molar-refractivity contribution in [3.8, 4) is 0 Å². The van der Waals surface area contributed by atoms with Gasteiger partial charge in [-0.2, -0.15) is 0 Å². The van der Waals surface area contributed by atoms with E-state index in [9.17, 15) is 5.11 Å². The lowest BCUT2D eigenvalue weighted by atomic mass is 10.1. The molecule has 0 saturated carbocycles. The maximum absolute atomic E-state index is 9.40. The van der Waals surface area contributed by atoms with Crippen LogP contribution in [0.2, 0.25) is 0 Å². The Bertz CT molecular complexity index is 157. The molecule has 5 atom stereocenters. The molecule has 0 radical (unpaired) electrons. The first-order chi connectivity index (χ1) is 5.24. The van der Waals surface area contributed by atoms with E-state index in [1.54, 1.807) is 7.11 Å². The molecule has 2 aliphatic rings. The van der Waals surface area contributed by atoms with Gasteiger partial charge in [-0.15, -0.1) is 0 Å². The third-order valence-electron chi connectivity index (χ3n) is 2.23. The van der Waals surface area contributed by atoms with Crippen LogP contribution in [0.3, 0.4) is 0 Å². The van der Waals surface area contributed by atoms with Crippen molar-refractivity contribution in [3.63, 3.8) is 0 Å². The minimum atomic E-state index is -0.494. The maximum Gasteiger partial charge on any atom is 0.186 e. The molecule has 0 unspecified atom stereocenters. The van der Waals surface area contributed by atoms with E-state index in [1.807, 2.05) is 6.92 Å². The molecule has 0 aromatic rings. The van der Waals surface area contributed by atoms with Crippen LogP contribution in [0.4, 0.5) is 0 Å². The molecular formula is C7H12O4. The molecule has 2 fully saturated rings. The number of hydrogen-bond acceptors (Lipinski definition) is 4. The smallest absolute Gasteiger partial charge is 0.186 e. The van der Waals surface area contributed by atoms with Crippen LogP contribution in [-0.4, -0.2) is 42.9 Å². The van der Waals surface area contributed by atoms with Crippen LogP contribution in [0.5, 0.6) is 0 Å². The van der Waals surface area contributed by atoms with E-state index < -0.39 is 6.10 Å². The fraction of sp³-hybridized carbons (Fsp3) is 1.00. The molecule has 0 amide bonds. The third-order valence-corrected chi connectivity index (χ3v) is 2.23. The first-order valence-corrected chi connectivity index (χ1v) is 3.76. The van der Waals surface area contributed by atoms with E-state index in [-0.39, 0.29) is 24.6 Å². The number of fused-ring (bicyclic) bond motifs is 1. The van der Waals surface area contributed by atoms with Crippen LogP contribution in [0, 0.1) is 0 Å². The lowest BCUT2D eigenvalue weighted by Crippen LogP contribution is -2.43. The molecule has 11 heavy (non-hydrogen) atoms. The highest BCUT2D eigenvalue weighted by Crippen LogP contribution is 2.37. The minimum Gasteiger partial charge on any atom is -0.388 e. The van der Waals surface area contributed by atoms with E-state index in [1.165, 1.54) is 0 Å². The Kier molecular flexibility index (Phi) is 1.64. The van der Waals surface area contributed by atoms with Gasteiger partial charge in [0.2, 0.25) is 0 Å². The number of epoxide rings is 1. The van der Waals surface area contributed by atoms with Gasteiger partial charge in [0.1, 0.15) is 18.3 Å². The average Bonchev–Trinajstić information content (AvgIpc) is 2.76. The van der Waals surface area contributed by atoms with Gasteiger partial charge in [0.25, 0.3) is 0 Å². The van der Waals surface area contributed by atoms with Gasteiger partial charge in [-0.25, -0.2) is 0 Å². The van der Waals surface area contributed by atoms with Gasteiger partial charge >= 0.3 is 0 Å².